The molecule has 0 atom stereocenters. The number of hydrogen-bond acceptors (Lipinski definition) is 6. The summed E-state index contributed by atoms with van der Waals surface area (Å²) in [6, 6.07) is 16.0. The standard InChI is InChI=1S/C28H33N5O2S/c1-4-33(5-2)16-15-29-19-21-10-11-22(12-13-25-23-8-6-7-9-24(23)31-32-25)26(18-21)30-28(34)35-27-20(3)14-17-36-27/h6-14,17-18,29H,4-5,15-16,19H2,1-3H3,(H,30,34)(H,31,32)/b13-12+. The lowest BCUT2D eigenvalue weighted by Gasteiger charge is -2.18. The highest BCUT2D eigenvalue weighted by Crippen LogP contribution is 2.27. The number of aromatic nitrogens is 2. The van der Waals surface area contributed by atoms with E-state index in [4.69, 9.17) is 4.74 Å². The van der Waals surface area contributed by atoms with Crippen molar-refractivity contribution in [3.8, 4) is 5.06 Å². The number of H-pyrrole nitrogens is 1. The Morgan fingerprint density at radius 2 is 1.97 bits per heavy atom. The Balaban J connectivity index is 1.51. The molecule has 3 N–H and O–H groups in total. The fourth-order valence-electron chi connectivity index (χ4n) is 3.94. The van der Waals surface area contributed by atoms with E-state index in [9.17, 15) is 4.79 Å². The second-order valence-corrected chi connectivity index (χ2v) is 9.40. The van der Waals surface area contributed by atoms with Crippen LogP contribution < -0.4 is 15.4 Å². The quantitative estimate of drug-likeness (QED) is 0.214. The molecule has 0 saturated carbocycles. The van der Waals surface area contributed by atoms with Crippen molar-refractivity contribution in [2.75, 3.05) is 31.5 Å². The molecule has 0 aliphatic carbocycles. The zero-order chi connectivity index (χ0) is 25.3. The normalized spacial score (nSPS) is 11.6. The number of fused-ring (bicyclic) bond motifs is 1. The van der Waals surface area contributed by atoms with Gasteiger partial charge in [0.2, 0.25) is 0 Å². The topological polar surface area (TPSA) is 82.3 Å². The van der Waals surface area contributed by atoms with Gasteiger partial charge in [-0.15, -0.1) is 11.3 Å². The summed E-state index contributed by atoms with van der Waals surface area (Å²) in [5.74, 6) is 0. The van der Waals surface area contributed by atoms with E-state index in [0.29, 0.717) is 17.3 Å². The van der Waals surface area contributed by atoms with Crippen LogP contribution in [0.5, 0.6) is 5.06 Å². The number of para-hydroxylation sites is 1. The van der Waals surface area contributed by atoms with Crippen molar-refractivity contribution in [2.45, 2.75) is 27.3 Å². The van der Waals surface area contributed by atoms with E-state index in [2.05, 4.69) is 45.6 Å². The van der Waals surface area contributed by atoms with E-state index in [1.807, 2.05) is 66.9 Å². The zero-order valence-electron chi connectivity index (χ0n) is 21.0. The maximum Gasteiger partial charge on any atom is 0.417 e. The predicted octanol–water partition coefficient (Wildman–Crippen LogP) is 6.15. The monoisotopic (exact) mass is 503 g/mol. The van der Waals surface area contributed by atoms with Crippen LogP contribution in [0.3, 0.4) is 0 Å². The van der Waals surface area contributed by atoms with E-state index < -0.39 is 6.09 Å². The van der Waals surface area contributed by atoms with Gasteiger partial charge in [0.1, 0.15) is 0 Å². The Morgan fingerprint density at radius 1 is 1.14 bits per heavy atom. The first kappa shape index (κ1) is 25.6. The summed E-state index contributed by atoms with van der Waals surface area (Å²) in [6.07, 6.45) is 3.41. The van der Waals surface area contributed by atoms with Crippen LogP contribution in [-0.4, -0.2) is 47.4 Å². The third kappa shape index (κ3) is 6.60. The van der Waals surface area contributed by atoms with E-state index in [1.54, 1.807) is 0 Å². The lowest BCUT2D eigenvalue weighted by atomic mass is 10.1. The molecular formula is C28H33N5O2S. The second kappa shape index (κ2) is 12.5. The number of carbonyl (C=O) groups is 1. The van der Waals surface area contributed by atoms with Crippen molar-refractivity contribution < 1.29 is 9.53 Å². The zero-order valence-corrected chi connectivity index (χ0v) is 21.8. The maximum atomic E-state index is 12.7. The lowest BCUT2D eigenvalue weighted by molar-refractivity contribution is 0.216. The van der Waals surface area contributed by atoms with Crippen molar-refractivity contribution in [1.29, 1.82) is 0 Å². The van der Waals surface area contributed by atoms with Crippen LogP contribution in [0.2, 0.25) is 0 Å². The minimum Gasteiger partial charge on any atom is -0.399 e. The molecule has 0 aliphatic heterocycles. The van der Waals surface area contributed by atoms with Gasteiger partial charge in [-0.3, -0.25) is 10.4 Å². The third-order valence-corrected chi connectivity index (χ3v) is 7.00. The number of aryl methyl sites for hydroxylation is 1. The molecule has 0 fully saturated rings. The number of thiophene rings is 1. The highest BCUT2D eigenvalue weighted by Gasteiger charge is 2.12. The van der Waals surface area contributed by atoms with Gasteiger partial charge in [0.15, 0.2) is 5.06 Å². The van der Waals surface area contributed by atoms with Gasteiger partial charge in [-0.05, 0) is 60.8 Å². The Hall–Kier alpha value is -3.46. The molecule has 0 saturated heterocycles. The molecule has 0 spiro atoms. The SMILES string of the molecule is CCN(CC)CCNCc1ccc(/C=C/c2n[nH]c3ccccc23)c(NC(=O)Oc2sccc2C)c1. The molecule has 1 amide bonds. The van der Waals surface area contributed by atoms with E-state index >= 15 is 0 Å². The molecular weight excluding hydrogens is 470 g/mol. The number of anilines is 1. The van der Waals surface area contributed by atoms with Gasteiger partial charge in [-0.2, -0.15) is 5.10 Å². The van der Waals surface area contributed by atoms with Gasteiger partial charge >= 0.3 is 6.09 Å². The second-order valence-electron chi connectivity index (χ2n) is 8.52. The molecule has 4 aromatic rings. The average Bonchev–Trinajstić information content (AvgIpc) is 3.49. The summed E-state index contributed by atoms with van der Waals surface area (Å²) < 4.78 is 5.55. The molecule has 2 heterocycles. The molecule has 0 radical (unpaired) electrons. The highest BCUT2D eigenvalue weighted by atomic mass is 32.1. The molecule has 2 aromatic carbocycles. The largest absolute Gasteiger partial charge is 0.417 e. The molecule has 2 aromatic heterocycles. The summed E-state index contributed by atoms with van der Waals surface area (Å²) in [6.45, 7) is 11.0. The van der Waals surface area contributed by atoms with Gasteiger partial charge in [-0.1, -0.05) is 50.3 Å². The number of nitrogens with one attached hydrogen (secondary N) is 3. The summed E-state index contributed by atoms with van der Waals surface area (Å²) >= 11 is 1.40. The molecule has 0 unspecified atom stereocenters. The van der Waals surface area contributed by atoms with Crippen LogP contribution in [0, 0.1) is 6.92 Å². The van der Waals surface area contributed by atoms with Crippen LogP contribution in [0.4, 0.5) is 10.5 Å². The van der Waals surface area contributed by atoms with Crippen molar-refractivity contribution in [3.63, 3.8) is 0 Å². The van der Waals surface area contributed by atoms with Crippen LogP contribution in [0.1, 0.15) is 36.2 Å². The number of ether oxygens (including phenoxy) is 1. The van der Waals surface area contributed by atoms with Gasteiger partial charge in [-0.25, -0.2) is 4.79 Å². The average molecular weight is 504 g/mol. The van der Waals surface area contributed by atoms with Gasteiger partial charge in [0, 0.05) is 30.6 Å². The minimum atomic E-state index is -0.507. The van der Waals surface area contributed by atoms with Gasteiger partial charge < -0.3 is 15.0 Å². The Bertz CT molecular complexity index is 1320. The number of benzene rings is 2. The van der Waals surface area contributed by atoms with Crippen molar-refractivity contribution in [1.82, 2.24) is 20.4 Å². The van der Waals surface area contributed by atoms with Crippen molar-refractivity contribution in [3.05, 3.63) is 76.3 Å². The van der Waals surface area contributed by atoms with Crippen molar-refractivity contribution >= 4 is 46.2 Å². The minimum absolute atomic E-state index is 0.507. The molecule has 36 heavy (non-hydrogen) atoms. The molecule has 4 rings (SSSR count). The van der Waals surface area contributed by atoms with Crippen LogP contribution in [0.25, 0.3) is 23.1 Å². The number of likely N-dealkylation sites (N-methyl/N-ethyl adjacent to an activating group) is 1. The first-order valence-corrected chi connectivity index (χ1v) is 13.2. The smallest absolute Gasteiger partial charge is 0.399 e. The summed E-state index contributed by atoms with van der Waals surface area (Å²) in [7, 11) is 0. The number of amides is 1. The number of hydrogen-bond donors (Lipinski definition) is 3. The van der Waals surface area contributed by atoms with Crippen molar-refractivity contribution in [2.24, 2.45) is 0 Å². The maximum absolute atomic E-state index is 12.7. The Kier molecular flexibility index (Phi) is 8.89. The first-order chi connectivity index (χ1) is 17.6. The van der Waals surface area contributed by atoms with Gasteiger partial charge in [0.05, 0.1) is 16.9 Å². The third-order valence-electron chi connectivity index (χ3n) is 6.10. The van der Waals surface area contributed by atoms with Crippen LogP contribution in [0.15, 0.2) is 53.9 Å². The summed E-state index contributed by atoms with van der Waals surface area (Å²) in [5.41, 5.74) is 5.40. The summed E-state index contributed by atoms with van der Waals surface area (Å²) in [5, 5.41) is 17.5. The first-order valence-electron chi connectivity index (χ1n) is 12.3. The van der Waals surface area contributed by atoms with Crippen LogP contribution in [-0.2, 0) is 6.54 Å². The molecule has 0 aliphatic rings. The number of nitrogens with zero attached hydrogens (tertiary/aromatic N) is 2. The fraction of sp³-hybridized carbons (Fsp3) is 0.286. The molecule has 8 heteroatoms. The molecule has 188 valence electrons. The Morgan fingerprint density at radius 3 is 2.75 bits per heavy atom. The van der Waals surface area contributed by atoms with E-state index in [-0.39, 0.29) is 0 Å². The number of aromatic amines is 1. The van der Waals surface area contributed by atoms with Crippen LogP contribution >= 0.6 is 11.3 Å². The molecule has 7 nitrogen and oxygen atoms in total. The number of carbonyl (C=O) groups excluding carboxylic acids is 1. The summed E-state index contributed by atoms with van der Waals surface area (Å²) in [4.78, 5) is 15.1. The van der Waals surface area contributed by atoms with E-state index in [0.717, 1.165) is 59.5 Å². The number of rotatable bonds is 11. The predicted molar refractivity (Wildman–Crippen MR) is 150 cm³/mol. The molecule has 0 bridgehead atoms. The Labute approximate surface area is 216 Å². The van der Waals surface area contributed by atoms with E-state index in [1.165, 1.54) is 11.3 Å². The lowest BCUT2D eigenvalue weighted by Crippen LogP contribution is -2.31. The fourth-order valence-corrected chi connectivity index (χ4v) is 4.71. The van der Waals surface area contributed by atoms with Gasteiger partial charge in [0.25, 0.3) is 0 Å². The highest BCUT2D eigenvalue weighted by molar-refractivity contribution is 7.12.